The third-order valence-corrected chi connectivity index (χ3v) is 6.37. The van der Waals surface area contributed by atoms with Crippen molar-refractivity contribution in [1.82, 2.24) is 4.98 Å². The van der Waals surface area contributed by atoms with Gasteiger partial charge in [-0.1, -0.05) is 54.6 Å². The molecule has 1 aliphatic heterocycles. The van der Waals surface area contributed by atoms with Gasteiger partial charge in [0.2, 0.25) is 5.89 Å². The summed E-state index contributed by atoms with van der Waals surface area (Å²) in [7, 11) is -3.62. The lowest BCUT2D eigenvalue weighted by atomic mass is 10.1. The quantitative estimate of drug-likeness (QED) is 0.548. The maximum absolute atomic E-state index is 13.0. The van der Waals surface area contributed by atoms with Gasteiger partial charge in [-0.2, -0.15) is 0 Å². The Balaban J connectivity index is 1.56. The van der Waals surface area contributed by atoms with E-state index in [1.54, 1.807) is 18.3 Å². The van der Waals surface area contributed by atoms with Gasteiger partial charge in [-0.15, -0.1) is 0 Å². The summed E-state index contributed by atoms with van der Waals surface area (Å²) in [6.45, 7) is 0.0585. The second-order valence-corrected chi connectivity index (χ2v) is 7.96. The van der Waals surface area contributed by atoms with Crippen LogP contribution in [0.15, 0.2) is 82.2 Å². The molecule has 128 valence electrons. The van der Waals surface area contributed by atoms with Gasteiger partial charge in [0, 0.05) is 10.9 Å². The molecule has 0 bridgehead atoms. The van der Waals surface area contributed by atoms with Crippen molar-refractivity contribution in [2.24, 2.45) is 0 Å². The fourth-order valence-electron chi connectivity index (χ4n) is 3.37. The maximum atomic E-state index is 13.0. The van der Waals surface area contributed by atoms with Gasteiger partial charge in [-0.25, -0.2) is 13.4 Å². The molecule has 3 aromatic carbocycles. The zero-order valence-corrected chi connectivity index (χ0v) is 14.5. The van der Waals surface area contributed by atoms with Crippen LogP contribution in [0.1, 0.15) is 5.89 Å². The molecule has 0 saturated heterocycles. The predicted molar refractivity (Wildman–Crippen MR) is 99.3 cm³/mol. The highest BCUT2D eigenvalue weighted by Crippen LogP contribution is 2.42. The van der Waals surface area contributed by atoms with Crippen LogP contribution in [0.5, 0.6) is 0 Å². The number of nitrogens with zero attached hydrogens (tertiary/aromatic N) is 2. The molecule has 0 fully saturated rings. The van der Waals surface area contributed by atoms with E-state index in [0.29, 0.717) is 22.2 Å². The number of sulfonamides is 1. The minimum absolute atomic E-state index is 0.0585. The number of rotatable bonds is 3. The third-order valence-electron chi connectivity index (χ3n) is 4.57. The van der Waals surface area contributed by atoms with E-state index in [1.165, 1.54) is 4.31 Å². The van der Waals surface area contributed by atoms with Crippen LogP contribution in [0.4, 0.5) is 5.69 Å². The molecule has 5 rings (SSSR count). The largest absolute Gasteiger partial charge is 0.439 e. The highest BCUT2D eigenvalue weighted by atomic mass is 32.2. The first-order chi connectivity index (χ1) is 12.6. The molecular weight excluding hydrogens is 348 g/mol. The zero-order chi connectivity index (χ0) is 17.7. The summed E-state index contributed by atoms with van der Waals surface area (Å²) in [5.41, 5.74) is 1.57. The minimum Gasteiger partial charge on any atom is -0.439 e. The Morgan fingerprint density at radius 3 is 2.50 bits per heavy atom. The Morgan fingerprint density at radius 2 is 1.69 bits per heavy atom. The van der Waals surface area contributed by atoms with Gasteiger partial charge in [-0.05, 0) is 17.5 Å². The molecule has 0 N–H and O–H groups in total. The number of oxazole rings is 1. The highest BCUT2D eigenvalue weighted by Gasteiger charge is 2.36. The fraction of sp³-hybridized carbons (Fsp3) is 0.0500. The van der Waals surface area contributed by atoms with Gasteiger partial charge >= 0.3 is 0 Å². The van der Waals surface area contributed by atoms with Crippen LogP contribution in [-0.2, 0) is 16.6 Å². The molecule has 26 heavy (non-hydrogen) atoms. The monoisotopic (exact) mass is 362 g/mol. The average Bonchev–Trinajstić information content (AvgIpc) is 3.22. The van der Waals surface area contributed by atoms with E-state index in [0.717, 1.165) is 16.3 Å². The van der Waals surface area contributed by atoms with Crippen molar-refractivity contribution in [2.75, 3.05) is 4.31 Å². The number of hydrogen-bond donors (Lipinski definition) is 0. The van der Waals surface area contributed by atoms with E-state index in [4.69, 9.17) is 4.42 Å². The minimum atomic E-state index is -3.62. The molecule has 1 aromatic heterocycles. The van der Waals surface area contributed by atoms with Crippen LogP contribution in [0, 0.1) is 0 Å². The molecule has 0 unspecified atom stereocenters. The number of anilines is 1. The van der Waals surface area contributed by atoms with Crippen LogP contribution in [0.3, 0.4) is 0 Å². The smallest absolute Gasteiger partial charge is 0.265 e. The van der Waals surface area contributed by atoms with E-state index < -0.39 is 10.0 Å². The first kappa shape index (κ1) is 15.2. The highest BCUT2D eigenvalue weighted by molar-refractivity contribution is 7.93. The van der Waals surface area contributed by atoms with Gasteiger partial charge in [-0.3, -0.25) is 4.31 Å². The summed E-state index contributed by atoms with van der Waals surface area (Å²) in [5.74, 6) is 0.977. The average molecular weight is 362 g/mol. The van der Waals surface area contributed by atoms with Crippen molar-refractivity contribution in [3.8, 4) is 11.3 Å². The van der Waals surface area contributed by atoms with Crippen molar-refractivity contribution in [1.29, 1.82) is 0 Å². The predicted octanol–water partition coefficient (Wildman–Crippen LogP) is 4.20. The van der Waals surface area contributed by atoms with Crippen LogP contribution in [-0.4, -0.2) is 13.4 Å². The number of benzene rings is 3. The Bertz CT molecular complexity index is 1230. The molecule has 0 atom stereocenters. The van der Waals surface area contributed by atoms with Crippen molar-refractivity contribution in [2.45, 2.75) is 11.4 Å². The summed E-state index contributed by atoms with van der Waals surface area (Å²) in [5, 5.41) is 1.66. The Hall–Kier alpha value is -3.12. The van der Waals surface area contributed by atoms with Crippen molar-refractivity contribution in [3.63, 3.8) is 0 Å². The molecule has 2 heterocycles. The molecule has 0 saturated carbocycles. The molecule has 0 spiro atoms. The molecule has 0 aliphatic carbocycles. The molecular formula is C20H14N2O3S. The van der Waals surface area contributed by atoms with Crippen LogP contribution >= 0.6 is 0 Å². The normalized spacial score (nSPS) is 14.8. The topological polar surface area (TPSA) is 63.4 Å². The summed E-state index contributed by atoms with van der Waals surface area (Å²) in [6, 6.07) is 20.5. The standard InChI is InChI=1S/C20H14N2O3S/c23-26(24)18-11-5-9-15-8-4-10-16(20(15)18)22(26)13-19-21-12-17(25-19)14-6-2-1-3-7-14/h1-12H,13H2. The van der Waals surface area contributed by atoms with E-state index in [-0.39, 0.29) is 6.54 Å². The molecule has 4 aromatic rings. The van der Waals surface area contributed by atoms with Gasteiger partial charge < -0.3 is 4.42 Å². The van der Waals surface area contributed by atoms with Crippen molar-refractivity contribution < 1.29 is 12.8 Å². The first-order valence-corrected chi connectivity index (χ1v) is 9.63. The van der Waals surface area contributed by atoms with Crippen molar-refractivity contribution >= 4 is 26.5 Å². The molecule has 0 amide bonds. The van der Waals surface area contributed by atoms with Gasteiger partial charge in [0.25, 0.3) is 10.0 Å². The molecule has 0 radical (unpaired) electrons. The second kappa shape index (κ2) is 5.44. The molecule has 6 heteroatoms. The van der Waals surface area contributed by atoms with E-state index in [9.17, 15) is 8.42 Å². The maximum Gasteiger partial charge on any atom is 0.265 e. The van der Waals surface area contributed by atoms with E-state index in [2.05, 4.69) is 4.98 Å². The Morgan fingerprint density at radius 1 is 0.923 bits per heavy atom. The summed E-state index contributed by atoms with van der Waals surface area (Å²) in [6.07, 6.45) is 1.63. The van der Waals surface area contributed by atoms with Gasteiger partial charge in [0.05, 0.1) is 16.8 Å². The van der Waals surface area contributed by atoms with Crippen LogP contribution in [0.2, 0.25) is 0 Å². The second-order valence-electron chi connectivity index (χ2n) is 6.13. The number of aromatic nitrogens is 1. The lowest BCUT2D eigenvalue weighted by molar-refractivity contribution is 0.506. The Kier molecular flexibility index (Phi) is 3.17. The zero-order valence-electron chi connectivity index (χ0n) is 13.7. The Labute approximate surface area is 150 Å². The fourth-order valence-corrected chi connectivity index (χ4v) is 5.03. The van der Waals surface area contributed by atoms with E-state index >= 15 is 0 Å². The summed E-state index contributed by atoms with van der Waals surface area (Å²) >= 11 is 0. The summed E-state index contributed by atoms with van der Waals surface area (Å²) < 4.78 is 33.2. The molecule has 5 nitrogen and oxygen atoms in total. The van der Waals surface area contributed by atoms with Crippen molar-refractivity contribution in [3.05, 3.63) is 78.8 Å². The lowest BCUT2D eigenvalue weighted by Crippen LogP contribution is -2.26. The van der Waals surface area contributed by atoms with Crippen LogP contribution in [0.25, 0.3) is 22.1 Å². The molecule has 1 aliphatic rings. The van der Waals surface area contributed by atoms with Crippen LogP contribution < -0.4 is 4.31 Å². The van der Waals surface area contributed by atoms with E-state index in [1.807, 2.05) is 54.6 Å². The lowest BCUT2D eigenvalue weighted by Gasteiger charge is -2.16. The van der Waals surface area contributed by atoms with Gasteiger partial charge in [0.1, 0.15) is 6.54 Å². The SMILES string of the molecule is O=S1(=O)c2cccc3cccc(c23)N1Cc1ncc(-c2ccccc2)o1. The van der Waals surface area contributed by atoms with Gasteiger partial charge in [0.15, 0.2) is 5.76 Å². The summed E-state index contributed by atoms with van der Waals surface area (Å²) in [4.78, 5) is 4.61. The number of hydrogen-bond acceptors (Lipinski definition) is 4. The first-order valence-electron chi connectivity index (χ1n) is 8.19. The third kappa shape index (κ3) is 2.16.